The van der Waals surface area contributed by atoms with Crippen LogP contribution in [0.1, 0.15) is 18.9 Å². The number of hydrogen-bond donors (Lipinski definition) is 1. The van der Waals surface area contributed by atoms with Crippen LogP contribution in [0.3, 0.4) is 0 Å². The maximum absolute atomic E-state index is 12.8. The predicted molar refractivity (Wildman–Crippen MR) is 54.7 cm³/mol. The van der Waals surface area contributed by atoms with Gasteiger partial charge in [-0.1, -0.05) is 6.92 Å². The fraction of sp³-hybridized carbons (Fsp3) is 0.545. The van der Waals surface area contributed by atoms with Crippen molar-refractivity contribution >= 4 is 0 Å². The summed E-state index contributed by atoms with van der Waals surface area (Å²) in [6.45, 7) is 3.97. The van der Waals surface area contributed by atoms with Gasteiger partial charge in [-0.2, -0.15) is 0 Å². The molecule has 1 aromatic heterocycles. The van der Waals surface area contributed by atoms with E-state index >= 15 is 0 Å². The quantitative estimate of drug-likeness (QED) is 0.813. The number of pyridine rings is 1. The second kappa shape index (κ2) is 3.87. The molecule has 0 saturated carbocycles. The molecule has 0 unspecified atom stereocenters. The molecule has 0 radical (unpaired) electrons. The standard InChI is InChI=1S/C11H15FN2O/c1-2-11(15)7-14(8-11)6-9-3-10(12)5-13-4-9/h3-5,15H,2,6-8H2,1H3. The largest absolute Gasteiger partial charge is 0.387 e. The fourth-order valence-corrected chi connectivity index (χ4v) is 1.92. The minimum absolute atomic E-state index is 0.307. The van der Waals surface area contributed by atoms with Gasteiger partial charge in [0.05, 0.1) is 11.8 Å². The Morgan fingerprint density at radius 1 is 1.53 bits per heavy atom. The lowest BCUT2D eigenvalue weighted by atomic mass is 9.91. The summed E-state index contributed by atoms with van der Waals surface area (Å²) in [6.07, 6.45) is 3.62. The molecule has 1 N–H and O–H groups in total. The van der Waals surface area contributed by atoms with E-state index in [1.807, 2.05) is 6.92 Å². The number of β-amino-alcohol motifs (C(OH)–C–C–N with tert-alkyl or cyclic N) is 1. The van der Waals surface area contributed by atoms with Crippen LogP contribution in [0, 0.1) is 5.82 Å². The molecule has 2 rings (SSSR count). The average molecular weight is 210 g/mol. The van der Waals surface area contributed by atoms with E-state index in [0.29, 0.717) is 19.6 Å². The normalized spacial score (nSPS) is 19.9. The highest BCUT2D eigenvalue weighted by molar-refractivity contribution is 5.11. The minimum atomic E-state index is -0.527. The van der Waals surface area contributed by atoms with E-state index < -0.39 is 5.60 Å². The van der Waals surface area contributed by atoms with Gasteiger partial charge in [-0.05, 0) is 18.1 Å². The van der Waals surface area contributed by atoms with E-state index in [2.05, 4.69) is 9.88 Å². The molecule has 15 heavy (non-hydrogen) atoms. The van der Waals surface area contributed by atoms with Gasteiger partial charge < -0.3 is 5.11 Å². The molecule has 1 aliphatic heterocycles. The van der Waals surface area contributed by atoms with Gasteiger partial charge in [0.2, 0.25) is 0 Å². The van der Waals surface area contributed by atoms with Gasteiger partial charge in [0.1, 0.15) is 5.82 Å². The lowest BCUT2D eigenvalue weighted by Crippen LogP contribution is -2.60. The lowest BCUT2D eigenvalue weighted by Gasteiger charge is -2.46. The summed E-state index contributed by atoms with van der Waals surface area (Å²) in [6, 6.07) is 1.48. The van der Waals surface area contributed by atoms with Gasteiger partial charge in [-0.25, -0.2) is 4.39 Å². The highest BCUT2D eigenvalue weighted by Gasteiger charge is 2.38. The highest BCUT2D eigenvalue weighted by atomic mass is 19.1. The van der Waals surface area contributed by atoms with Crippen LogP contribution >= 0.6 is 0 Å². The zero-order valence-corrected chi connectivity index (χ0v) is 8.78. The molecule has 4 heteroatoms. The van der Waals surface area contributed by atoms with Crippen molar-refractivity contribution < 1.29 is 9.50 Å². The van der Waals surface area contributed by atoms with E-state index in [1.165, 1.54) is 12.3 Å². The second-order valence-electron chi connectivity index (χ2n) is 4.23. The molecule has 1 aromatic rings. The summed E-state index contributed by atoms with van der Waals surface area (Å²) >= 11 is 0. The van der Waals surface area contributed by atoms with Gasteiger partial charge in [-0.15, -0.1) is 0 Å². The number of hydrogen-bond acceptors (Lipinski definition) is 3. The Morgan fingerprint density at radius 3 is 2.87 bits per heavy atom. The van der Waals surface area contributed by atoms with Gasteiger partial charge in [-0.3, -0.25) is 9.88 Å². The molecule has 1 saturated heterocycles. The van der Waals surface area contributed by atoms with E-state index in [4.69, 9.17) is 0 Å². The van der Waals surface area contributed by atoms with Crippen LogP contribution in [0.25, 0.3) is 0 Å². The van der Waals surface area contributed by atoms with E-state index in [9.17, 15) is 9.50 Å². The number of likely N-dealkylation sites (tertiary alicyclic amines) is 1. The SMILES string of the molecule is CCC1(O)CN(Cc2cncc(F)c2)C1. The third kappa shape index (κ3) is 2.33. The van der Waals surface area contributed by atoms with Crippen molar-refractivity contribution in [2.45, 2.75) is 25.5 Å². The Morgan fingerprint density at radius 2 is 2.27 bits per heavy atom. The Hall–Kier alpha value is -1.00. The number of nitrogens with zero attached hydrogens (tertiary/aromatic N) is 2. The van der Waals surface area contributed by atoms with Crippen LogP contribution in [0.5, 0.6) is 0 Å². The summed E-state index contributed by atoms with van der Waals surface area (Å²) in [5.41, 5.74) is 0.328. The van der Waals surface area contributed by atoms with Crippen LogP contribution in [0.2, 0.25) is 0 Å². The topological polar surface area (TPSA) is 36.4 Å². The summed E-state index contributed by atoms with van der Waals surface area (Å²) in [7, 11) is 0. The van der Waals surface area contributed by atoms with Crippen molar-refractivity contribution in [2.75, 3.05) is 13.1 Å². The maximum Gasteiger partial charge on any atom is 0.141 e. The van der Waals surface area contributed by atoms with Crippen LogP contribution in [0.15, 0.2) is 18.5 Å². The zero-order valence-electron chi connectivity index (χ0n) is 8.78. The maximum atomic E-state index is 12.8. The molecular weight excluding hydrogens is 195 g/mol. The first kappa shape index (κ1) is 10.5. The molecule has 1 aliphatic rings. The van der Waals surface area contributed by atoms with E-state index in [1.54, 1.807) is 6.20 Å². The van der Waals surface area contributed by atoms with Crippen LogP contribution in [-0.4, -0.2) is 33.7 Å². The summed E-state index contributed by atoms with van der Waals surface area (Å²) in [4.78, 5) is 5.87. The molecule has 0 atom stereocenters. The molecule has 1 fully saturated rings. The first-order valence-electron chi connectivity index (χ1n) is 5.15. The minimum Gasteiger partial charge on any atom is -0.387 e. The van der Waals surface area contributed by atoms with Crippen molar-refractivity contribution in [2.24, 2.45) is 0 Å². The van der Waals surface area contributed by atoms with Crippen LogP contribution < -0.4 is 0 Å². The van der Waals surface area contributed by atoms with Gasteiger partial charge in [0, 0.05) is 25.8 Å². The van der Waals surface area contributed by atoms with Gasteiger partial charge in [0.15, 0.2) is 0 Å². The molecule has 0 aliphatic carbocycles. The first-order chi connectivity index (χ1) is 7.11. The van der Waals surface area contributed by atoms with Crippen molar-refractivity contribution in [3.8, 4) is 0 Å². The van der Waals surface area contributed by atoms with Crippen molar-refractivity contribution in [3.05, 3.63) is 29.8 Å². The molecule has 0 spiro atoms. The third-order valence-corrected chi connectivity index (χ3v) is 2.86. The highest BCUT2D eigenvalue weighted by Crippen LogP contribution is 2.25. The molecule has 0 bridgehead atoms. The van der Waals surface area contributed by atoms with Crippen LogP contribution in [-0.2, 0) is 6.54 Å². The van der Waals surface area contributed by atoms with Crippen LogP contribution in [0.4, 0.5) is 4.39 Å². The average Bonchev–Trinajstić information content (AvgIpc) is 2.15. The number of halogens is 1. The molecule has 3 nitrogen and oxygen atoms in total. The summed E-state index contributed by atoms with van der Waals surface area (Å²) < 4.78 is 12.8. The summed E-state index contributed by atoms with van der Waals surface area (Å²) in [5, 5.41) is 9.79. The molecule has 82 valence electrons. The monoisotopic (exact) mass is 210 g/mol. The van der Waals surface area contributed by atoms with Crippen molar-refractivity contribution in [3.63, 3.8) is 0 Å². The van der Waals surface area contributed by atoms with Crippen molar-refractivity contribution in [1.82, 2.24) is 9.88 Å². The zero-order chi connectivity index (χ0) is 10.9. The van der Waals surface area contributed by atoms with E-state index in [-0.39, 0.29) is 5.82 Å². The van der Waals surface area contributed by atoms with Gasteiger partial charge in [0.25, 0.3) is 0 Å². The third-order valence-electron chi connectivity index (χ3n) is 2.86. The Labute approximate surface area is 88.6 Å². The number of rotatable bonds is 3. The van der Waals surface area contributed by atoms with Crippen molar-refractivity contribution in [1.29, 1.82) is 0 Å². The second-order valence-corrected chi connectivity index (χ2v) is 4.23. The number of aliphatic hydroxyl groups is 1. The Balaban J connectivity index is 1.90. The number of aromatic nitrogens is 1. The first-order valence-corrected chi connectivity index (χ1v) is 5.15. The Bertz CT molecular complexity index is 350. The molecule has 0 aromatic carbocycles. The molecule has 0 amide bonds. The summed E-state index contributed by atoms with van der Waals surface area (Å²) in [5.74, 6) is -0.307. The predicted octanol–water partition coefficient (Wildman–Crippen LogP) is 1.18. The van der Waals surface area contributed by atoms with E-state index in [0.717, 1.165) is 12.0 Å². The molecule has 2 heterocycles. The van der Waals surface area contributed by atoms with Gasteiger partial charge >= 0.3 is 0 Å². The smallest absolute Gasteiger partial charge is 0.141 e. The fourth-order valence-electron chi connectivity index (χ4n) is 1.92. The molecular formula is C11H15FN2O. The lowest BCUT2D eigenvalue weighted by molar-refractivity contribution is -0.103. The Kier molecular flexibility index (Phi) is 2.71.